The Morgan fingerprint density at radius 1 is 1.43 bits per heavy atom. The first kappa shape index (κ1) is 13.7. The molecule has 0 spiro atoms. The van der Waals surface area contributed by atoms with Crippen molar-refractivity contribution in [1.29, 1.82) is 0 Å². The van der Waals surface area contributed by atoms with Crippen molar-refractivity contribution >= 4 is 0 Å². The zero-order valence-electron chi connectivity index (χ0n) is 9.92. The number of rotatable bonds is 8. The molecule has 0 saturated heterocycles. The average Bonchev–Trinajstić information content (AvgIpc) is 2.18. The molecule has 0 aromatic rings. The number of hydrogen-bond donors (Lipinski definition) is 2. The van der Waals surface area contributed by atoms with E-state index in [9.17, 15) is 0 Å². The van der Waals surface area contributed by atoms with Gasteiger partial charge in [0.05, 0.1) is 0 Å². The van der Waals surface area contributed by atoms with Gasteiger partial charge < -0.3 is 11.1 Å². The van der Waals surface area contributed by atoms with Crippen molar-refractivity contribution in [1.82, 2.24) is 5.32 Å². The van der Waals surface area contributed by atoms with E-state index in [1.165, 1.54) is 12.8 Å². The molecule has 0 aromatic heterocycles. The van der Waals surface area contributed by atoms with E-state index in [0.29, 0.717) is 12.0 Å². The lowest BCUT2D eigenvalue weighted by atomic mass is 9.97. The molecule has 14 heavy (non-hydrogen) atoms. The van der Waals surface area contributed by atoms with Gasteiger partial charge in [0.15, 0.2) is 0 Å². The quantitative estimate of drug-likeness (QED) is 0.464. The van der Waals surface area contributed by atoms with Crippen molar-refractivity contribution in [2.75, 3.05) is 13.1 Å². The predicted octanol–water partition coefficient (Wildman–Crippen LogP) is 2.31. The third-order valence-electron chi connectivity index (χ3n) is 2.64. The van der Waals surface area contributed by atoms with Gasteiger partial charge >= 0.3 is 0 Å². The minimum absolute atomic E-state index is 0.486. The van der Waals surface area contributed by atoms with Crippen LogP contribution in [0.15, 0.2) is 12.2 Å². The van der Waals surface area contributed by atoms with Crippen LogP contribution in [0, 0.1) is 5.92 Å². The Hall–Kier alpha value is -0.340. The second-order valence-corrected chi connectivity index (χ2v) is 3.92. The molecular formula is C12H26N2. The van der Waals surface area contributed by atoms with E-state index in [-0.39, 0.29) is 0 Å². The van der Waals surface area contributed by atoms with Gasteiger partial charge in [0.2, 0.25) is 0 Å². The minimum atomic E-state index is 0.486. The maximum Gasteiger partial charge on any atom is 0.0215 e. The molecule has 0 saturated carbocycles. The van der Waals surface area contributed by atoms with Crippen LogP contribution in [0.2, 0.25) is 0 Å². The lowest BCUT2D eigenvalue weighted by Gasteiger charge is -2.23. The molecule has 3 N–H and O–H groups in total. The van der Waals surface area contributed by atoms with E-state index < -0.39 is 0 Å². The SMILES string of the molecule is C/C=C/CCNC(CN)C(C)CCC. The fourth-order valence-electron chi connectivity index (χ4n) is 1.69. The highest BCUT2D eigenvalue weighted by Gasteiger charge is 2.13. The molecule has 84 valence electrons. The highest BCUT2D eigenvalue weighted by molar-refractivity contribution is 4.80. The van der Waals surface area contributed by atoms with Crippen LogP contribution in [0.3, 0.4) is 0 Å². The standard InChI is InChI=1S/C12H26N2/c1-4-6-7-9-14-12(10-13)11(3)8-5-2/h4,6,11-12,14H,5,7-10,13H2,1-3H3/b6-4+. The molecular weight excluding hydrogens is 172 g/mol. The molecule has 0 rings (SSSR count). The summed E-state index contributed by atoms with van der Waals surface area (Å²) in [6.45, 7) is 8.35. The van der Waals surface area contributed by atoms with Gasteiger partial charge in [-0.3, -0.25) is 0 Å². The molecule has 0 aromatic carbocycles. The maximum absolute atomic E-state index is 5.74. The summed E-state index contributed by atoms with van der Waals surface area (Å²) in [4.78, 5) is 0. The Morgan fingerprint density at radius 2 is 2.14 bits per heavy atom. The summed E-state index contributed by atoms with van der Waals surface area (Å²) in [6.07, 6.45) is 7.89. The third kappa shape index (κ3) is 6.17. The maximum atomic E-state index is 5.74. The fourth-order valence-corrected chi connectivity index (χ4v) is 1.69. The molecule has 0 aliphatic heterocycles. The molecule has 2 heteroatoms. The first-order valence-electron chi connectivity index (χ1n) is 5.80. The molecule has 2 nitrogen and oxygen atoms in total. The first-order valence-corrected chi connectivity index (χ1v) is 5.80. The van der Waals surface area contributed by atoms with Crippen molar-refractivity contribution in [2.45, 2.75) is 46.1 Å². The lowest BCUT2D eigenvalue weighted by Crippen LogP contribution is -2.41. The lowest BCUT2D eigenvalue weighted by molar-refractivity contribution is 0.363. The number of nitrogens with two attached hydrogens (primary N) is 1. The number of allylic oxidation sites excluding steroid dienone is 1. The van der Waals surface area contributed by atoms with Crippen molar-refractivity contribution in [3.8, 4) is 0 Å². The van der Waals surface area contributed by atoms with Gasteiger partial charge in [0.1, 0.15) is 0 Å². The zero-order chi connectivity index (χ0) is 10.8. The van der Waals surface area contributed by atoms with E-state index in [1.54, 1.807) is 0 Å². The van der Waals surface area contributed by atoms with Crippen LogP contribution >= 0.6 is 0 Å². The van der Waals surface area contributed by atoms with Crippen LogP contribution < -0.4 is 11.1 Å². The van der Waals surface area contributed by atoms with Crippen LogP contribution in [-0.2, 0) is 0 Å². The Kier molecular flexibility index (Phi) is 9.00. The summed E-state index contributed by atoms with van der Waals surface area (Å²) in [6, 6.07) is 0.486. The molecule has 2 unspecified atom stereocenters. The smallest absolute Gasteiger partial charge is 0.0215 e. The van der Waals surface area contributed by atoms with E-state index in [0.717, 1.165) is 19.5 Å². The molecule has 0 radical (unpaired) electrons. The molecule has 0 aliphatic rings. The van der Waals surface area contributed by atoms with Gasteiger partial charge in [-0.25, -0.2) is 0 Å². The van der Waals surface area contributed by atoms with Crippen molar-refractivity contribution in [3.63, 3.8) is 0 Å². The monoisotopic (exact) mass is 198 g/mol. The fraction of sp³-hybridized carbons (Fsp3) is 0.833. The summed E-state index contributed by atoms with van der Waals surface area (Å²) in [7, 11) is 0. The molecule has 0 heterocycles. The molecule has 2 atom stereocenters. The normalized spacial score (nSPS) is 16.0. The summed E-state index contributed by atoms with van der Waals surface area (Å²) in [5.41, 5.74) is 5.74. The Bertz CT molecular complexity index is 143. The van der Waals surface area contributed by atoms with Crippen molar-refractivity contribution in [2.24, 2.45) is 11.7 Å². The third-order valence-corrected chi connectivity index (χ3v) is 2.64. The predicted molar refractivity (Wildman–Crippen MR) is 64.3 cm³/mol. The van der Waals surface area contributed by atoms with Crippen molar-refractivity contribution in [3.05, 3.63) is 12.2 Å². The van der Waals surface area contributed by atoms with E-state index in [4.69, 9.17) is 5.73 Å². The van der Waals surface area contributed by atoms with Gasteiger partial charge in [-0.2, -0.15) is 0 Å². The van der Waals surface area contributed by atoms with Gasteiger partial charge in [0, 0.05) is 12.6 Å². The first-order chi connectivity index (χ1) is 6.76. The minimum Gasteiger partial charge on any atom is -0.329 e. The molecule has 0 aliphatic carbocycles. The highest BCUT2D eigenvalue weighted by Crippen LogP contribution is 2.09. The Balaban J connectivity index is 3.66. The zero-order valence-corrected chi connectivity index (χ0v) is 9.92. The van der Waals surface area contributed by atoms with E-state index in [1.807, 2.05) is 0 Å². The highest BCUT2D eigenvalue weighted by atomic mass is 14.9. The van der Waals surface area contributed by atoms with E-state index in [2.05, 4.69) is 38.2 Å². The van der Waals surface area contributed by atoms with E-state index >= 15 is 0 Å². The average molecular weight is 198 g/mol. The Labute approximate surface area is 89.0 Å². The van der Waals surface area contributed by atoms with Crippen LogP contribution in [0.5, 0.6) is 0 Å². The second-order valence-electron chi connectivity index (χ2n) is 3.92. The number of hydrogen-bond acceptors (Lipinski definition) is 2. The van der Waals surface area contributed by atoms with Crippen LogP contribution in [0.25, 0.3) is 0 Å². The Morgan fingerprint density at radius 3 is 2.64 bits per heavy atom. The number of nitrogens with one attached hydrogen (secondary N) is 1. The molecule has 0 bridgehead atoms. The van der Waals surface area contributed by atoms with Crippen molar-refractivity contribution < 1.29 is 0 Å². The van der Waals surface area contributed by atoms with Crippen LogP contribution in [0.4, 0.5) is 0 Å². The van der Waals surface area contributed by atoms with Crippen LogP contribution in [-0.4, -0.2) is 19.1 Å². The summed E-state index contributed by atoms with van der Waals surface area (Å²) in [5, 5.41) is 3.51. The van der Waals surface area contributed by atoms with Gasteiger partial charge in [-0.15, -0.1) is 0 Å². The van der Waals surface area contributed by atoms with Crippen LogP contribution in [0.1, 0.15) is 40.0 Å². The second kappa shape index (κ2) is 9.22. The molecule has 0 fully saturated rings. The summed E-state index contributed by atoms with van der Waals surface area (Å²) < 4.78 is 0. The summed E-state index contributed by atoms with van der Waals surface area (Å²) >= 11 is 0. The molecule has 0 amide bonds. The largest absolute Gasteiger partial charge is 0.329 e. The topological polar surface area (TPSA) is 38.0 Å². The summed E-state index contributed by atoms with van der Waals surface area (Å²) in [5.74, 6) is 0.690. The van der Waals surface area contributed by atoms with Gasteiger partial charge in [0.25, 0.3) is 0 Å². The van der Waals surface area contributed by atoms with Gasteiger partial charge in [-0.05, 0) is 32.2 Å². The van der Waals surface area contributed by atoms with Gasteiger partial charge in [-0.1, -0.05) is 32.4 Å².